The first kappa shape index (κ1) is 19.2. The summed E-state index contributed by atoms with van der Waals surface area (Å²) in [5.41, 5.74) is 0.377. The molecule has 1 saturated carbocycles. The smallest absolute Gasteiger partial charge is 0.191 e. The fourth-order valence-corrected chi connectivity index (χ4v) is 3.01. The molecule has 0 aliphatic heterocycles. The average molecular weight is 313 g/mol. The summed E-state index contributed by atoms with van der Waals surface area (Å²) in [6.45, 7) is 8.46. The normalized spacial score (nSPS) is 18.0. The molecule has 1 aliphatic carbocycles. The highest BCUT2D eigenvalue weighted by Crippen LogP contribution is 2.40. The molecule has 0 heterocycles. The molecule has 130 valence electrons. The van der Waals surface area contributed by atoms with Gasteiger partial charge in [0.2, 0.25) is 0 Å². The summed E-state index contributed by atoms with van der Waals surface area (Å²) in [6.07, 6.45) is 6.38. The molecule has 1 fully saturated rings. The molecule has 0 bridgehead atoms. The van der Waals surface area contributed by atoms with Gasteiger partial charge in [0.15, 0.2) is 5.96 Å². The highest BCUT2D eigenvalue weighted by atomic mass is 16.5. The van der Waals surface area contributed by atoms with E-state index in [1.165, 1.54) is 25.7 Å². The van der Waals surface area contributed by atoms with Crippen LogP contribution in [-0.2, 0) is 9.47 Å². The highest BCUT2D eigenvalue weighted by molar-refractivity contribution is 5.79. The lowest BCUT2D eigenvalue weighted by atomic mass is 9.83. The third-order valence-corrected chi connectivity index (χ3v) is 4.35. The number of rotatable bonds is 10. The van der Waals surface area contributed by atoms with Crippen LogP contribution >= 0.6 is 0 Å². The van der Waals surface area contributed by atoms with Crippen LogP contribution in [0.3, 0.4) is 0 Å². The summed E-state index contributed by atoms with van der Waals surface area (Å²) >= 11 is 0. The highest BCUT2D eigenvalue weighted by Gasteiger charge is 2.33. The van der Waals surface area contributed by atoms with E-state index in [2.05, 4.69) is 29.5 Å². The number of nitrogens with zero attached hydrogens (tertiary/aromatic N) is 1. The van der Waals surface area contributed by atoms with E-state index in [4.69, 9.17) is 9.47 Å². The zero-order valence-electron chi connectivity index (χ0n) is 14.9. The van der Waals surface area contributed by atoms with E-state index < -0.39 is 0 Å². The predicted octanol–water partition coefficient (Wildman–Crippen LogP) is 2.42. The second-order valence-electron chi connectivity index (χ2n) is 6.77. The van der Waals surface area contributed by atoms with Crippen molar-refractivity contribution < 1.29 is 9.47 Å². The Kier molecular flexibility index (Phi) is 9.48. The lowest BCUT2D eigenvalue weighted by molar-refractivity contribution is 0.114. The van der Waals surface area contributed by atoms with Gasteiger partial charge >= 0.3 is 0 Å². The maximum Gasteiger partial charge on any atom is 0.191 e. The number of aliphatic imine (C=N–C) groups is 1. The molecule has 1 aliphatic rings. The van der Waals surface area contributed by atoms with Crippen LogP contribution in [0.4, 0.5) is 0 Å². The van der Waals surface area contributed by atoms with E-state index in [9.17, 15) is 0 Å². The summed E-state index contributed by atoms with van der Waals surface area (Å²) in [4.78, 5) is 4.30. The Morgan fingerprint density at radius 1 is 1.18 bits per heavy atom. The summed E-state index contributed by atoms with van der Waals surface area (Å²) in [5.74, 6) is 1.46. The second-order valence-corrected chi connectivity index (χ2v) is 6.77. The van der Waals surface area contributed by atoms with E-state index in [1.54, 1.807) is 7.11 Å². The molecule has 5 heteroatoms. The fraction of sp³-hybridized carbons (Fsp3) is 0.941. The third-order valence-electron chi connectivity index (χ3n) is 4.35. The molecule has 22 heavy (non-hydrogen) atoms. The molecule has 0 aromatic rings. The van der Waals surface area contributed by atoms with Crippen molar-refractivity contribution in [2.45, 2.75) is 46.0 Å². The quantitative estimate of drug-likeness (QED) is 0.369. The molecular formula is C17H35N3O2. The largest absolute Gasteiger partial charge is 0.385 e. The minimum atomic E-state index is 0.377. The van der Waals surface area contributed by atoms with Gasteiger partial charge in [-0.05, 0) is 30.6 Å². The predicted molar refractivity (Wildman–Crippen MR) is 92.4 cm³/mol. The summed E-state index contributed by atoms with van der Waals surface area (Å²) in [5, 5.41) is 6.81. The maximum absolute atomic E-state index is 5.58. The van der Waals surface area contributed by atoms with Crippen LogP contribution in [0, 0.1) is 11.3 Å². The molecule has 0 atom stereocenters. The molecular weight excluding hydrogens is 278 g/mol. The topological polar surface area (TPSA) is 54.9 Å². The second kappa shape index (κ2) is 10.8. The van der Waals surface area contributed by atoms with E-state index in [0.717, 1.165) is 38.7 Å². The van der Waals surface area contributed by atoms with Crippen molar-refractivity contribution in [1.82, 2.24) is 10.6 Å². The van der Waals surface area contributed by atoms with E-state index in [1.807, 2.05) is 7.05 Å². The standard InChI is InChI=1S/C17H35N3O2/c1-15(2)13-22-12-10-19-16(18-3)20-14-17(9-11-21-4)7-5-6-8-17/h15H,5-14H2,1-4H3,(H2,18,19,20). The molecule has 0 saturated heterocycles. The van der Waals surface area contributed by atoms with Gasteiger partial charge in [-0.3, -0.25) is 4.99 Å². The van der Waals surface area contributed by atoms with Crippen LogP contribution in [0.15, 0.2) is 4.99 Å². The van der Waals surface area contributed by atoms with Crippen LogP contribution in [0.25, 0.3) is 0 Å². The monoisotopic (exact) mass is 313 g/mol. The van der Waals surface area contributed by atoms with Gasteiger partial charge in [-0.2, -0.15) is 0 Å². The fourth-order valence-electron chi connectivity index (χ4n) is 3.01. The Labute approximate surface area is 136 Å². The molecule has 0 unspecified atom stereocenters. The Hall–Kier alpha value is -0.810. The molecule has 1 rings (SSSR count). The molecule has 0 radical (unpaired) electrons. The van der Waals surface area contributed by atoms with Crippen LogP contribution in [0.1, 0.15) is 46.0 Å². The van der Waals surface area contributed by atoms with Gasteiger partial charge < -0.3 is 20.1 Å². The summed E-state index contributed by atoms with van der Waals surface area (Å²) < 4.78 is 10.9. The van der Waals surface area contributed by atoms with Gasteiger partial charge in [0, 0.05) is 40.5 Å². The first-order chi connectivity index (χ1) is 10.6. The summed E-state index contributed by atoms with van der Waals surface area (Å²) in [7, 11) is 3.61. The number of methoxy groups -OCH3 is 1. The Morgan fingerprint density at radius 3 is 2.50 bits per heavy atom. The van der Waals surface area contributed by atoms with Gasteiger partial charge in [0.05, 0.1) is 6.61 Å². The first-order valence-electron chi connectivity index (χ1n) is 8.63. The Balaban J connectivity index is 2.26. The van der Waals surface area contributed by atoms with Crippen molar-refractivity contribution in [3.8, 4) is 0 Å². The third kappa shape index (κ3) is 7.45. The van der Waals surface area contributed by atoms with Crippen molar-refractivity contribution in [2.24, 2.45) is 16.3 Å². The van der Waals surface area contributed by atoms with Gasteiger partial charge in [-0.1, -0.05) is 26.7 Å². The van der Waals surface area contributed by atoms with E-state index in [0.29, 0.717) is 17.9 Å². The van der Waals surface area contributed by atoms with Crippen molar-refractivity contribution >= 4 is 5.96 Å². The Morgan fingerprint density at radius 2 is 1.91 bits per heavy atom. The number of guanidine groups is 1. The number of ether oxygens (including phenoxy) is 2. The SMILES string of the molecule is CN=C(NCCOCC(C)C)NCC1(CCOC)CCCC1. The van der Waals surface area contributed by atoms with E-state index in [-0.39, 0.29) is 0 Å². The van der Waals surface area contributed by atoms with Crippen molar-refractivity contribution in [3.05, 3.63) is 0 Å². The summed E-state index contributed by atoms with van der Waals surface area (Å²) in [6, 6.07) is 0. The average Bonchev–Trinajstić information content (AvgIpc) is 2.97. The zero-order valence-corrected chi connectivity index (χ0v) is 14.9. The molecule has 5 nitrogen and oxygen atoms in total. The maximum atomic E-state index is 5.58. The van der Waals surface area contributed by atoms with Gasteiger partial charge in [-0.25, -0.2) is 0 Å². The molecule has 0 aromatic carbocycles. The van der Waals surface area contributed by atoms with E-state index >= 15 is 0 Å². The number of hydrogen-bond donors (Lipinski definition) is 2. The molecule has 0 aromatic heterocycles. The van der Waals surface area contributed by atoms with Gasteiger partial charge in [0.1, 0.15) is 0 Å². The van der Waals surface area contributed by atoms with Crippen LogP contribution in [0.5, 0.6) is 0 Å². The first-order valence-corrected chi connectivity index (χ1v) is 8.63. The molecule has 0 amide bonds. The van der Waals surface area contributed by atoms with Crippen LogP contribution in [0.2, 0.25) is 0 Å². The van der Waals surface area contributed by atoms with Crippen LogP contribution in [-0.4, -0.2) is 53.0 Å². The minimum Gasteiger partial charge on any atom is -0.385 e. The lowest BCUT2D eigenvalue weighted by Crippen LogP contribution is -2.44. The van der Waals surface area contributed by atoms with Crippen molar-refractivity contribution in [3.63, 3.8) is 0 Å². The van der Waals surface area contributed by atoms with Crippen molar-refractivity contribution in [1.29, 1.82) is 0 Å². The number of nitrogens with one attached hydrogen (secondary N) is 2. The van der Waals surface area contributed by atoms with Gasteiger partial charge in [0.25, 0.3) is 0 Å². The minimum absolute atomic E-state index is 0.377. The zero-order chi connectivity index (χ0) is 16.3. The lowest BCUT2D eigenvalue weighted by Gasteiger charge is -2.30. The molecule has 2 N–H and O–H groups in total. The molecule has 0 spiro atoms. The van der Waals surface area contributed by atoms with Crippen molar-refractivity contribution in [2.75, 3.05) is 47.1 Å². The Bertz CT molecular complexity index is 313. The van der Waals surface area contributed by atoms with Gasteiger partial charge in [-0.15, -0.1) is 0 Å². The number of hydrogen-bond acceptors (Lipinski definition) is 3. The van der Waals surface area contributed by atoms with Crippen LogP contribution < -0.4 is 10.6 Å².